The van der Waals surface area contributed by atoms with Gasteiger partial charge >= 0.3 is 11.9 Å². The Hall–Kier alpha value is -3.44. The first-order valence-electron chi connectivity index (χ1n) is 11.2. The molecule has 11 nitrogen and oxygen atoms in total. The number of rotatable bonds is 5. The predicted molar refractivity (Wildman–Crippen MR) is 130 cm³/mol. The molecule has 0 bridgehead atoms. The van der Waals surface area contributed by atoms with Gasteiger partial charge in [0.05, 0.1) is 33.5 Å². The number of anilines is 1. The molecule has 3 heterocycles. The number of piperidine rings is 1. The first-order chi connectivity index (χ1) is 16.2. The van der Waals surface area contributed by atoms with Gasteiger partial charge in [-0.2, -0.15) is 0 Å². The second kappa shape index (κ2) is 9.43. The molecule has 1 amide bonds. The third kappa shape index (κ3) is 5.20. The van der Waals surface area contributed by atoms with Gasteiger partial charge in [-0.25, -0.2) is 4.79 Å². The number of nitrogens with zero attached hydrogens (tertiary/aromatic N) is 5. The lowest BCUT2D eigenvalue weighted by atomic mass is 10.1. The van der Waals surface area contributed by atoms with Crippen LogP contribution in [0.15, 0.2) is 45.7 Å². The van der Waals surface area contributed by atoms with E-state index in [1.165, 1.54) is 0 Å². The van der Waals surface area contributed by atoms with Crippen molar-refractivity contribution in [1.82, 2.24) is 10.3 Å². The summed E-state index contributed by atoms with van der Waals surface area (Å²) in [6.45, 7) is 6.99. The average molecular weight is 471 g/mol. The summed E-state index contributed by atoms with van der Waals surface area (Å²) in [5.74, 6) is 2.47. The van der Waals surface area contributed by atoms with E-state index in [0.29, 0.717) is 36.4 Å². The maximum Gasteiger partial charge on any atom is 0.407 e. The van der Waals surface area contributed by atoms with E-state index < -0.39 is 5.60 Å². The molecule has 0 spiro atoms. The number of ether oxygens (including phenoxy) is 3. The summed E-state index contributed by atoms with van der Waals surface area (Å²) < 4.78 is 16.2. The van der Waals surface area contributed by atoms with Gasteiger partial charge in [0.1, 0.15) is 23.3 Å². The number of amides is 1. The van der Waals surface area contributed by atoms with E-state index in [4.69, 9.17) is 19.3 Å². The molecule has 1 unspecified atom stereocenters. The van der Waals surface area contributed by atoms with Gasteiger partial charge in [-0.05, 0) is 43.4 Å². The molecule has 1 aromatic rings. The quantitative estimate of drug-likeness (QED) is 0.640. The average Bonchev–Trinajstić information content (AvgIpc) is 3.16. The van der Waals surface area contributed by atoms with Crippen LogP contribution in [0.25, 0.3) is 0 Å². The number of hydrogen-bond donors (Lipinski definition) is 2. The molecule has 0 radical (unpaired) electrons. The Labute approximate surface area is 199 Å². The normalized spacial score (nSPS) is 22.5. The fraction of sp³-hybridized carbons (Fsp3) is 0.478. The topological polar surface area (TPSA) is 109 Å². The van der Waals surface area contributed by atoms with Gasteiger partial charge in [0, 0.05) is 29.9 Å². The van der Waals surface area contributed by atoms with Crippen LogP contribution < -0.4 is 20.1 Å². The highest BCUT2D eigenvalue weighted by atomic mass is 16.6. The summed E-state index contributed by atoms with van der Waals surface area (Å²) in [6, 6.07) is 5.55. The molecule has 2 N–H and O–H groups in total. The van der Waals surface area contributed by atoms with Crippen LogP contribution in [0.3, 0.4) is 0 Å². The minimum Gasteiger partial charge on any atom is -0.497 e. The predicted octanol–water partition coefficient (Wildman–Crippen LogP) is 3.08. The number of guanidine groups is 1. The molecule has 11 heteroatoms. The molecule has 3 aliphatic heterocycles. The summed E-state index contributed by atoms with van der Waals surface area (Å²) in [6.07, 6.45) is 6.50. The highest BCUT2D eigenvalue weighted by Gasteiger charge is 2.47. The first-order valence-corrected chi connectivity index (χ1v) is 11.2. The summed E-state index contributed by atoms with van der Waals surface area (Å²) >= 11 is 0. The van der Waals surface area contributed by atoms with Crippen LogP contribution in [0, 0.1) is 0 Å². The van der Waals surface area contributed by atoms with Crippen LogP contribution >= 0.6 is 0 Å². The zero-order chi connectivity index (χ0) is 24.3. The SMILES string of the molecule is COc1cc(NC2=N[N+]3(N4CCC(NC(=O)OC(C)(C)C)CC4)C=CN=CC3=N2)cc(OC)c1. The van der Waals surface area contributed by atoms with Crippen molar-refractivity contribution in [1.29, 1.82) is 0 Å². The van der Waals surface area contributed by atoms with Crippen molar-refractivity contribution >= 4 is 29.8 Å². The van der Waals surface area contributed by atoms with Gasteiger partial charge in [0.2, 0.25) is 0 Å². The van der Waals surface area contributed by atoms with Crippen LogP contribution in [0.4, 0.5) is 10.5 Å². The number of hydrogen-bond acceptors (Lipinski definition) is 9. The van der Waals surface area contributed by atoms with Crippen molar-refractivity contribution in [2.75, 3.05) is 32.6 Å². The summed E-state index contributed by atoms with van der Waals surface area (Å²) in [5.41, 5.74) is 0.228. The van der Waals surface area contributed by atoms with Crippen molar-refractivity contribution in [3.63, 3.8) is 0 Å². The molecule has 3 aliphatic rings. The smallest absolute Gasteiger partial charge is 0.407 e. The van der Waals surface area contributed by atoms with E-state index in [9.17, 15) is 4.79 Å². The molecule has 0 aliphatic carbocycles. The highest BCUT2D eigenvalue weighted by molar-refractivity contribution is 6.30. The molecule has 182 valence electrons. The molecule has 4 rings (SSSR count). The standard InChI is InChI=1S/C23H31N7O4/c1-23(2,3)34-22(31)26-16-6-9-29(10-7-16)30-11-8-24-15-20(30)27-21(28-30)25-17-12-18(32-4)14-19(13-17)33-5/h8,11-16H,6-7,9-10H2,1-5H3,(H-,25,26,28,31)/p+1. The molecule has 1 saturated heterocycles. The third-order valence-corrected chi connectivity index (χ3v) is 5.59. The Kier molecular flexibility index (Phi) is 6.58. The number of amidine groups is 1. The zero-order valence-electron chi connectivity index (χ0n) is 20.2. The van der Waals surface area contributed by atoms with E-state index >= 15 is 0 Å². The Bertz CT molecular complexity index is 1030. The maximum atomic E-state index is 12.2. The van der Waals surface area contributed by atoms with E-state index in [-0.39, 0.29) is 16.8 Å². The largest absolute Gasteiger partial charge is 0.497 e. The minimum absolute atomic E-state index is 0.0422. The van der Waals surface area contributed by atoms with Crippen LogP contribution in [0.1, 0.15) is 33.6 Å². The molecule has 1 atom stereocenters. The number of methoxy groups -OCH3 is 2. The fourth-order valence-electron chi connectivity index (χ4n) is 4.02. The van der Waals surface area contributed by atoms with Gasteiger partial charge in [-0.1, -0.05) is 0 Å². The zero-order valence-corrected chi connectivity index (χ0v) is 20.2. The molecule has 0 aromatic heterocycles. The minimum atomic E-state index is -0.521. The number of fused-ring (bicyclic) bond motifs is 1. The van der Waals surface area contributed by atoms with Crippen molar-refractivity contribution in [2.45, 2.75) is 45.3 Å². The lowest BCUT2D eigenvalue weighted by Crippen LogP contribution is -2.60. The molecular weight excluding hydrogens is 438 g/mol. The number of benzene rings is 1. The van der Waals surface area contributed by atoms with Crippen LogP contribution in [-0.4, -0.2) is 72.8 Å². The van der Waals surface area contributed by atoms with Gasteiger partial charge in [-0.15, -0.1) is 10.0 Å². The number of carbonyl (C=O) groups excluding carboxylic acids is 1. The Morgan fingerprint density at radius 2 is 1.79 bits per heavy atom. The van der Waals surface area contributed by atoms with Crippen LogP contribution in [0.5, 0.6) is 11.5 Å². The Morgan fingerprint density at radius 3 is 2.41 bits per heavy atom. The number of aliphatic imine (C=N–C) groups is 2. The summed E-state index contributed by atoms with van der Waals surface area (Å²) in [7, 11) is 3.21. The summed E-state index contributed by atoms with van der Waals surface area (Å²) in [5, 5.41) is 13.3. The van der Waals surface area contributed by atoms with Crippen molar-refractivity contribution in [3.05, 3.63) is 30.6 Å². The van der Waals surface area contributed by atoms with Gasteiger partial charge in [0.25, 0.3) is 5.96 Å². The van der Waals surface area contributed by atoms with E-state index in [1.54, 1.807) is 32.7 Å². The van der Waals surface area contributed by atoms with E-state index in [0.717, 1.165) is 18.5 Å². The Morgan fingerprint density at radius 1 is 1.12 bits per heavy atom. The third-order valence-electron chi connectivity index (χ3n) is 5.59. The Balaban J connectivity index is 1.47. The lowest BCUT2D eigenvalue weighted by molar-refractivity contribution is -0.918. The van der Waals surface area contributed by atoms with Crippen molar-refractivity contribution in [2.24, 2.45) is 15.1 Å². The second-order valence-electron chi connectivity index (χ2n) is 9.22. The van der Waals surface area contributed by atoms with Crippen LogP contribution in [0.2, 0.25) is 0 Å². The number of quaternary nitrogens is 1. The molecular formula is C23H32N7O4+. The number of nitrogens with one attached hydrogen (secondary N) is 2. The van der Waals surface area contributed by atoms with Crippen molar-refractivity contribution < 1.29 is 23.7 Å². The lowest BCUT2D eigenvalue weighted by Gasteiger charge is -2.39. The monoisotopic (exact) mass is 470 g/mol. The van der Waals surface area contributed by atoms with E-state index in [1.807, 2.05) is 39.1 Å². The highest BCUT2D eigenvalue weighted by Crippen LogP contribution is 2.30. The maximum absolute atomic E-state index is 12.2. The molecule has 1 aromatic carbocycles. The van der Waals surface area contributed by atoms with E-state index in [2.05, 4.69) is 25.6 Å². The van der Waals surface area contributed by atoms with Crippen molar-refractivity contribution in [3.8, 4) is 11.5 Å². The fourth-order valence-corrected chi connectivity index (χ4v) is 4.02. The van der Waals surface area contributed by atoms with Gasteiger partial charge in [0.15, 0.2) is 6.20 Å². The molecule has 34 heavy (non-hydrogen) atoms. The number of alkyl carbamates (subject to hydrolysis) is 1. The van der Waals surface area contributed by atoms with Gasteiger partial charge in [-0.3, -0.25) is 4.99 Å². The number of carbonyl (C=O) groups is 1. The summed E-state index contributed by atoms with van der Waals surface area (Å²) in [4.78, 5) is 21.1. The molecule has 0 saturated carbocycles. The molecule has 1 fully saturated rings. The second-order valence-corrected chi connectivity index (χ2v) is 9.22. The first kappa shape index (κ1) is 23.7. The van der Waals surface area contributed by atoms with Crippen LogP contribution in [-0.2, 0) is 4.74 Å². The van der Waals surface area contributed by atoms with Gasteiger partial charge < -0.3 is 24.8 Å².